The summed E-state index contributed by atoms with van der Waals surface area (Å²) in [7, 11) is 1.82. The van der Waals surface area contributed by atoms with Crippen LogP contribution in [0.5, 0.6) is 0 Å². The zero-order valence-electron chi connectivity index (χ0n) is 5.26. The van der Waals surface area contributed by atoms with E-state index in [1.54, 1.807) is 17.4 Å². The summed E-state index contributed by atoms with van der Waals surface area (Å²) in [5.41, 5.74) is 0.664. The Morgan fingerprint density at radius 2 is 2.00 bits per heavy atom. The van der Waals surface area contributed by atoms with Crippen LogP contribution in [0.4, 0.5) is 10.1 Å². The molecule has 2 heteroatoms. The number of rotatable bonds is 1. The SMILES string of the molecule is C[NH2+]c1ccccc1F. The van der Waals surface area contributed by atoms with E-state index < -0.39 is 0 Å². The minimum atomic E-state index is -0.153. The lowest BCUT2D eigenvalue weighted by molar-refractivity contribution is -0.541. The van der Waals surface area contributed by atoms with Gasteiger partial charge in [0.1, 0.15) is 0 Å². The Morgan fingerprint density at radius 3 is 2.44 bits per heavy atom. The minimum absolute atomic E-state index is 0.153. The summed E-state index contributed by atoms with van der Waals surface area (Å²) in [6, 6.07) is 6.70. The fourth-order valence-electron chi connectivity index (χ4n) is 0.709. The molecule has 0 saturated heterocycles. The van der Waals surface area contributed by atoms with Crippen LogP contribution in [-0.4, -0.2) is 7.05 Å². The second kappa shape index (κ2) is 2.60. The molecule has 0 radical (unpaired) electrons. The highest BCUT2D eigenvalue weighted by atomic mass is 19.1. The fraction of sp³-hybridized carbons (Fsp3) is 0.143. The van der Waals surface area contributed by atoms with Crippen molar-refractivity contribution in [2.24, 2.45) is 0 Å². The smallest absolute Gasteiger partial charge is 0.183 e. The first-order chi connectivity index (χ1) is 4.34. The molecule has 0 aromatic heterocycles. The minimum Gasteiger partial charge on any atom is -0.314 e. The Hall–Kier alpha value is -0.890. The van der Waals surface area contributed by atoms with Crippen molar-refractivity contribution in [3.63, 3.8) is 0 Å². The van der Waals surface area contributed by atoms with Crippen LogP contribution < -0.4 is 5.32 Å². The highest BCUT2D eigenvalue weighted by Gasteiger charge is 1.98. The van der Waals surface area contributed by atoms with E-state index in [-0.39, 0.29) is 5.82 Å². The third-order valence-electron chi connectivity index (χ3n) is 1.22. The lowest BCUT2D eigenvalue weighted by Crippen LogP contribution is -2.73. The van der Waals surface area contributed by atoms with Crippen molar-refractivity contribution in [1.82, 2.24) is 0 Å². The van der Waals surface area contributed by atoms with Gasteiger partial charge >= 0.3 is 0 Å². The summed E-state index contributed by atoms with van der Waals surface area (Å²) in [5, 5.41) is 1.75. The van der Waals surface area contributed by atoms with Gasteiger partial charge in [0.2, 0.25) is 0 Å². The quantitative estimate of drug-likeness (QED) is 0.532. The number of hydrogen-bond donors (Lipinski definition) is 1. The van der Waals surface area contributed by atoms with Gasteiger partial charge in [0, 0.05) is 6.07 Å². The maximum absolute atomic E-state index is 12.6. The molecule has 9 heavy (non-hydrogen) atoms. The van der Waals surface area contributed by atoms with Gasteiger partial charge in [-0.15, -0.1) is 0 Å². The molecular formula is C7H9FN+. The van der Waals surface area contributed by atoms with E-state index in [1.165, 1.54) is 6.07 Å². The van der Waals surface area contributed by atoms with Gasteiger partial charge in [-0.05, 0) is 6.07 Å². The van der Waals surface area contributed by atoms with E-state index in [1.807, 2.05) is 13.1 Å². The van der Waals surface area contributed by atoms with Gasteiger partial charge < -0.3 is 5.32 Å². The number of benzene rings is 1. The molecule has 1 rings (SSSR count). The Labute approximate surface area is 53.5 Å². The lowest BCUT2D eigenvalue weighted by Gasteiger charge is -1.92. The summed E-state index contributed by atoms with van der Waals surface area (Å²) in [5.74, 6) is -0.153. The third kappa shape index (κ3) is 1.27. The Morgan fingerprint density at radius 1 is 1.33 bits per heavy atom. The van der Waals surface area contributed by atoms with Crippen molar-refractivity contribution in [3.05, 3.63) is 30.1 Å². The Balaban J connectivity index is 3.01. The molecule has 0 fully saturated rings. The largest absolute Gasteiger partial charge is 0.314 e. The average Bonchev–Trinajstić information content (AvgIpc) is 1.89. The van der Waals surface area contributed by atoms with Crippen molar-refractivity contribution in [3.8, 4) is 0 Å². The molecule has 0 bridgehead atoms. The normalized spacial score (nSPS) is 9.56. The van der Waals surface area contributed by atoms with Crippen molar-refractivity contribution in [2.45, 2.75) is 0 Å². The van der Waals surface area contributed by atoms with Crippen molar-refractivity contribution in [1.29, 1.82) is 0 Å². The van der Waals surface area contributed by atoms with Crippen LogP contribution in [0.15, 0.2) is 24.3 Å². The first-order valence-corrected chi connectivity index (χ1v) is 2.88. The molecule has 0 aliphatic heterocycles. The highest BCUT2D eigenvalue weighted by Crippen LogP contribution is 2.04. The van der Waals surface area contributed by atoms with Crippen LogP contribution >= 0.6 is 0 Å². The lowest BCUT2D eigenvalue weighted by atomic mass is 10.3. The van der Waals surface area contributed by atoms with E-state index >= 15 is 0 Å². The zero-order valence-corrected chi connectivity index (χ0v) is 5.26. The van der Waals surface area contributed by atoms with Crippen LogP contribution in [-0.2, 0) is 0 Å². The monoisotopic (exact) mass is 126 g/mol. The van der Waals surface area contributed by atoms with Gasteiger partial charge in [0.25, 0.3) is 0 Å². The van der Waals surface area contributed by atoms with E-state index in [4.69, 9.17) is 0 Å². The predicted octanol–water partition coefficient (Wildman–Crippen LogP) is 0.650. The van der Waals surface area contributed by atoms with Crippen LogP contribution in [0.3, 0.4) is 0 Å². The first-order valence-electron chi connectivity index (χ1n) is 2.88. The number of nitrogens with two attached hydrogens (primary N) is 1. The van der Waals surface area contributed by atoms with E-state index in [9.17, 15) is 4.39 Å². The molecule has 0 atom stereocenters. The molecule has 0 amide bonds. The standard InChI is InChI=1S/C7H8FN/c1-9-7-5-3-2-4-6(7)8/h2-5,9H,1H3/p+1. The molecular weight excluding hydrogens is 117 g/mol. The number of quaternary nitrogens is 1. The first kappa shape index (κ1) is 6.23. The van der Waals surface area contributed by atoms with E-state index in [0.717, 1.165) is 0 Å². The topological polar surface area (TPSA) is 16.6 Å². The van der Waals surface area contributed by atoms with Gasteiger partial charge in [-0.1, -0.05) is 12.1 Å². The molecule has 0 heterocycles. The highest BCUT2D eigenvalue weighted by molar-refractivity contribution is 5.29. The number of para-hydroxylation sites is 1. The maximum atomic E-state index is 12.6. The van der Waals surface area contributed by atoms with Gasteiger partial charge in [-0.2, -0.15) is 0 Å². The molecule has 0 aliphatic rings. The van der Waals surface area contributed by atoms with Crippen LogP contribution in [0.25, 0.3) is 0 Å². The van der Waals surface area contributed by atoms with Gasteiger partial charge in [-0.3, -0.25) is 0 Å². The zero-order chi connectivity index (χ0) is 6.69. The van der Waals surface area contributed by atoms with E-state index in [2.05, 4.69) is 0 Å². The molecule has 0 saturated carbocycles. The number of hydrogen-bond acceptors (Lipinski definition) is 0. The summed E-state index contributed by atoms with van der Waals surface area (Å²) in [6.45, 7) is 0. The summed E-state index contributed by atoms with van der Waals surface area (Å²) in [4.78, 5) is 0. The molecule has 0 aliphatic carbocycles. The molecule has 48 valence electrons. The second-order valence-corrected chi connectivity index (χ2v) is 1.81. The summed E-state index contributed by atoms with van der Waals surface area (Å²) < 4.78 is 12.6. The summed E-state index contributed by atoms with van der Waals surface area (Å²) >= 11 is 0. The molecule has 0 spiro atoms. The van der Waals surface area contributed by atoms with Crippen molar-refractivity contribution < 1.29 is 9.71 Å². The van der Waals surface area contributed by atoms with Gasteiger partial charge in [0.15, 0.2) is 11.5 Å². The van der Waals surface area contributed by atoms with Crippen LogP contribution in [0, 0.1) is 5.82 Å². The molecule has 2 N–H and O–H groups in total. The van der Waals surface area contributed by atoms with Gasteiger partial charge in [-0.25, -0.2) is 4.39 Å². The number of halogens is 1. The third-order valence-corrected chi connectivity index (χ3v) is 1.22. The molecule has 1 aromatic carbocycles. The van der Waals surface area contributed by atoms with Crippen molar-refractivity contribution >= 4 is 5.69 Å². The van der Waals surface area contributed by atoms with Crippen LogP contribution in [0.2, 0.25) is 0 Å². The molecule has 1 aromatic rings. The second-order valence-electron chi connectivity index (χ2n) is 1.81. The summed E-state index contributed by atoms with van der Waals surface area (Å²) in [6.07, 6.45) is 0. The molecule has 0 unspecified atom stereocenters. The van der Waals surface area contributed by atoms with Crippen molar-refractivity contribution in [2.75, 3.05) is 7.05 Å². The fourth-order valence-corrected chi connectivity index (χ4v) is 0.709. The molecule has 1 nitrogen and oxygen atoms in total. The average molecular weight is 126 g/mol. The Bertz CT molecular complexity index is 198. The van der Waals surface area contributed by atoms with Gasteiger partial charge in [0.05, 0.1) is 7.05 Å². The Kier molecular flexibility index (Phi) is 1.80. The predicted molar refractivity (Wildman–Crippen MR) is 33.9 cm³/mol. The maximum Gasteiger partial charge on any atom is 0.183 e. The van der Waals surface area contributed by atoms with E-state index in [0.29, 0.717) is 5.69 Å². The van der Waals surface area contributed by atoms with Crippen LogP contribution in [0.1, 0.15) is 0 Å².